The first-order valence-corrected chi connectivity index (χ1v) is 4.84. The summed E-state index contributed by atoms with van der Waals surface area (Å²) in [4.78, 5) is 24.3. The summed E-state index contributed by atoms with van der Waals surface area (Å²) in [6, 6.07) is -0.0244. The van der Waals surface area contributed by atoms with Gasteiger partial charge in [0.25, 0.3) is 5.91 Å². The number of amides is 1. The molecule has 2 aliphatic rings. The van der Waals surface area contributed by atoms with Gasteiger partial charge in [0.05, 0.1) is 18.7 Å². The molecule has 2 aliphatic heterocycles. The van der Waals surface area contributed by atoms with Crippen LogP contribution in [0, 0.1) is 0 Å². The fourth-order valence-electron chi connectivity index (χ4n) is 2.24. The fraction of sp³-hybridized carbons (Fsp3) is 0.600. The van der Waals surface area contributed by atoms with Crippen LogP contribution in [0.2, 0.25) is 0 Å². The Hall–Kier alpha value is -1.32. The maximum atomic E-state index is 11.7. The Kier molecular flexibility index (Phi) is 2.27. The van der Waals surface area contributed by atoms with E-state index >= 15 is 0 Å². The predicted octanol–water partition coefficient (Wildman–Crippen LogP) is 0.480. The second-order valence-electron chi connectivity index (χ2n) is 3.62. The number of rotatable bonds is 2. The molecule has 0 N–H and O–H groups in total. The number of ether oxygens (including phenoxy) is 1. The maximum Gasteiger partial charge on any atom is 0.289 e. The van der Waals surface area contributed by atoms with Crippen LogP contribution in [0.5, 0.6) is 0 Å². The molecular formula is C10H13NO3. The average molecular weight is 195 g/mol. The van der Waals surface area contributed by atoms with Gasteiger partial charge in [-0.2, -0.15) is 0 Å². The summed E-state index contributed by atoms with van der Waals surface area (Å²) in [5, 5.41) is 0. The summed E-state index contributed by atoms with van der Waals surface area (Å²) in [6.45, 7) is 0.744. The van der Waals surface area contributed by atoms with Crippen molar-refractivity contribution >= 4 is 12.2 Å². The first kappa shape index (κ1) is 9.24. The van der Waals surface area contributed by atoms with Crippen molar-refractivity contribution in [2.45, 2.75) is 25.3 Å². The Morgan fingerprint density at radius 2 is 2.29 bits per heavy atom. The standard InChI is InChI=1S/C10H13NO3/c1-14-9-7(6-12)8-4-2-3-5-11(8)10(9)13/h6,8H,2-5H2,1H3. The Morgan fingerprint density at radius 1 is 1.50 bits per heavy atom. The van der Waals surface area contributed by atoms with Gasteiger partial charge in [0, 0.05) is 6.54 Å². The van der Waals surface area contributed by atoms with E-state index in [-0.39, 0.29) is 17.7 Å². The van der Waals surface area contributed by atoms with Gasteiger partial charge in [0.2, 0.25) is 0 Å². The molecule has 0 aromatic carbocycles. The van der Waals surface area contributed by atoms with Gasteiger partial charge >= 0.3 is 0 Å². The van der Waals surface area contributed by atoms with Gasteiger partial charge in [0.15, 0.2) is 12.0 Å². The summed E-state index contributed by atoms with van der Waals surface area (Å²) in [7, 11) is 1.44. The minimum Gasteiger partial charge on any atom is -0.491 e. The highest BCUT2D eigenvalue weighted by Crippen LogP contribution is 2.31. The third-order valence-electron chi connectivity index (χ3n) is 2.91. The van der Waals surface area contributed by atoms with E-state index in [4.69, 9.17) is 4.74 Å². The van der Waals surface area contributed by atoms with Gasteiger partial charge in [-0.1, -0.05) is 0 Å². The predicted molar refractivity (Wildman–Crippen MR) is 49.5 cm³/mol. The first-order valence-electron chi connectivity index (χ1n) is 4.84. The maximum absolute atomic E-state index is 11.7. The Labute approximate surface area is 82.5 Å². The summed E-state index contributed by atoms with van der Waals surface area (Å²) in [5.74, 6) is 0.117. The zero-order valence-corrected chi connectivity index (χ0v) is 8.16. The van der Waals surface area contributed by atoms with Crippen LogP contribution in [-0.4, -0.2) is 36.8 Å². The molecule has 1 saturated heterocycles. The third kappa shape index (κ3) is 1.14. The van der Waals surface area contributed by atoms with Gasteiger partial charge in [-0.05, 0) is 19.3 Å². The van der Waals surface area contributed by atoms with Crippen molar-refractivity contribution in [3.63, 3.8) is 0 Å². The smallest absolute Gasteiger partial charge is 0.289 e. The number of aldehydes is 1. The van der Waals surface area contributed by atoms with Crippen molar-refractivity contribution in [3.05, 3.63) is 11.3 Å². The Balaban J connectivity index is 2.35. The van der Waals surface area contributed by atoms with Gasteiger partial charge in [-0.3, -0.25) is 9.59 Å². The molecule has 0 bridgehead atoms. The fourth-order valence-corrected chi connectivity index (χ4v) is 2.24. The van der Waals surface area contributed by atoms with Gasteiger partial charge in [0.1, 0.15) is 0 Å². The number of nitrogens with zero attached hydrogens (tertiary/aromatic N) is 1. The minimum atomic E-state index is -0.126. The lowest BCUT2D eigenvalue weighted by Gasteiger charge is -2.29. The van der Waals surface area contributed by atoms with Crippen LogP contribution in [0.1, 0.15) is 19.3 Å². The van der Waals surface area contributed by atoms with Crippen LogP contribution in [0.15, 0.2) is 11.3 Å². The summed E-state index contributed by atoms with van der Waals surface area (Å²) < 4.78 is 4.98. The molecule has 0 saturated carbocycles. The number of piperidine rings is 1. The SMILES string of the molecule is COC1=C(C=O)C2CCCCN2C1=O. The van der Waals surface area contributed by atoms with Crippen molar-refractivity contribution in [3.8, 4) is 0 Å². The lowest BCUT2D eigenvalue weighted by atomic mass is 9.99. The second-order valence-corrected chi connectivity index (χ2v) is 3.62. The van der Waals surface area contributed by atoms with E-state index in [0.717, 1.165) is 32.1 Å². The molecule has 1 unspecified atom stereocenters. The van der Waals surface area contributed by atoms with E-state index < -0.39 is 0 Å². The van der Waals surface area contributed by atoms with Crippen LogP contribution in [0.4, 0.5) is 0 Å². The van der Waals surface area contributed by atoms with E-state index in [9.17, 15) is 9.59 Å². The van der Waals surface area contributed by atoms with E-state index in [1.807, 2.05) is 0 Å². The molecule has 0 spiro atoms. The highest BCUT2D eigenvalue weighted by molar-refractivity contribution is 6.02. The molecule has 4 heteroatoms. The molecule has 2 heterocycles. The number of carbonyl (C=O) groups excluding carboxylic acids is 2. The van der Waals surface area contributed by atoms with Crippen molar-refractivity contribution < 1.29 is 14.3 Å². The summed E-state index contributed by atoms with van der Waals surface area (Å²) >= 11 is 0. The molecule has 1 atom stereocenters. The van der Waals surface area contributed by atoms with Gasteiger partial charge < -0.3 is 9.64 Å². The van der Waals surface area contributed by atoms with Gasteiger partial charge in [-0.15, -0.1) is 0 Å². The third-order valence-corrected chi connectivity index (χ3v) is 2.91. The van der Waals surface area contributed by atoms with E-state index in [1.54, 1.807) is 4.90 Å². The van der Waals surface area contributed by atoms with E-state index in [1.165, 1.54) is 7.11 Å². The summed E-state index contributed by atoms with van der Waals surface area (Å²) in [5.41, 5.74) is 0.525. The number of carbonyl (C=O) groups is 2. The van der Waals surface area contributed by atoms with Crippen molar-refractivity contribution in [1.82, 2.24) is 4.90 Å². The van der Waals surface area contributed by atoms with Crippen LogP contribution in [0.25, 0.3) is 0 Å². The van der Waals surface area contributed by atoms with Crippen LogP contribution < -0.4 is 0 Å². The first-order chi connectivity index (χ1) is 6.79. The zero-order valence-electron chi connectivity index (χ0n) is 8.16. The average Bonchev–Trinajstić information content (AvgIpc) is 2.51. The second kappa shape index (κ2) is 3.44. The Bertz CT molecular complexity index is 308. The number of fused-ring (bicyclic) bond motifs is 1. The molecule has 76 valence electrons. The van der Waals surface area contributed by atoms with Crippen molar-refractivity contribution in [2.75, 3.05) is 13.7 Å². The molecule has 0 aromatic heterocycles. The van der Waals surface area contributed by atoms with Gasteiger partial charge in [-0.25, -0.2) is 0 Å². The topological polar surface area (TPSA) is 46.6 Å². The number of methoxy groups -OCH3 is 1. The van der Waals surface area contributed by atoms with Crippen LogP contribution >= 0.6 is 0 Å². The molecule has 2 rings (SSSR count). The molecule has 1 amide bonds. The molecule has 0 aromatic rings. The normalized spacial score (nSPS) is 26.5. The van der Waals surface area contributed by atoms with Crippen molar-refractivity contribution in [1.29, 1.82) is 0 Å². The lowest BCUT2D eigenvalue weighted by Crippen LogP contribution is -2.39. The van der Waals surface area contributed by atoms with E-state index in [0.29, 0.717) is 5.57 Å². The van der Waals surface area contributed by atoms with Crippen LogP contribution in [-0.2, 0) is 14.3 Å². The summed E-state index contributed by atoms with van der Waals surface area (Å²) in [6.07, 6.45) is 3.73. The molecule has 14 heavy (non-hydrogen) atoms. The highest BCUT2D eigenvalue weighted by Gasteiger charge is 2.40. The Morgan fingerprint density at radius 3 is 2.93 bits per heavy atom. The largest absolute Gasteiger partial charge is 0.491 e. The van der Waals surface area contributed by atoms with Crippen LogP contribution in [0.3, 0.4) is 0 Å². The lowest BCUT2D eigenvalue weighted by molar-refractivity contribution is -0.130. The molecule has 1 fully saturated rings. The molecule has 4 nitrogen and oxygen atoms in total. The quantitative estimate of drug-likeness (QED) is 0.602. The molecule has 0 radical (unpaired) electrons. The molecule has 0 aliphatic carbocycles. The minimum absolute atomic E-state index is 0.0244. The van der Waals surface area contributed by atoms with E-state index in [2.05, 4.69) is 0 Å². The highest BCUT2D eigenvalue weighted by atomic mass is 16.5. The van der Waals surface area contributed by atoms with Crippen molar-refractivity contribution in [2.24, 2.45) is 0 Å². The zero-order chi connectivity index (χ0) is 10.1. The monoisotopic (exact) mass is 195 g/mol. The number of hydrogen-bond donors (Lipinski definition) is 0. The number of hydrogen-bond acceptors (Lipinski definition) is 3. The molecular weight excluding hydrogens is 182 g/mol.